The lowest BCUT2D eigenvalue weighted by atomic mass is 10.1. The van der Waals surface area contributed by atoms with Crippen LogP contribution < -0.4 is 10.5 Å². The predicted octanol–water partition coefficient (Wildman–Crippen LogP) is 1.00. The van der Waals surface area contributed by atoms with Gasteiger partial charge in [0.15, 0.2) is 6.61 Å². The number of nitro groups is 1. The Morgan fingerprint density at radius 1 is 1.60 bits per heavy atom. The van der Waals surface area contributed by atoms with E-state index in [9.17, 15) is 14.9 Å². The number of aryl methyl sites for hydroxylation is 1. The number of ether oxygens (including phenoxy) is 1. The van der Waals surface area contributed by atoms with Crippen LogP contribution in [0.5, 0.6) is 5.75 Å². The normalized spacial score (nSPS) is 11.2. The Balaban J connectivity index is 2.92. The molecule has 0 unspecified atom stereocenters. The van der Waals surface area contributed by atoms with Crippen molar-refractivity contribution in [2.75, 3.05) is 6.61 Å². The molecule has 1 aromatic rings. The van der Waals surface area contributed by atoms with Gasteiger partial charge in [-0.05, 0) is 29.0 Å². The summed E-state index contributed by atoms with van der Waals surface area (Å²) < 4.78 is 5.05. The molecule has 104 valence electrons. The summed E-state index contributed by atoms with van der Waals surface area (Å²) in [4.78, 5) is 25.5. The number of hydrogen-bond acceptors (Lipinski definition) is 7. The van der Waals surface area contributed by atoms with Gasteiger partial charge in [-0.25, -0.2) is 0 Å². The first-order valence-corrected chi connectivity index (χ1v) is 5.51. The molecule has 0 saturated heterocycles. The van der Waals surface area contributed by atoms with Gasteiger partial charge in [0.1, 0.15) is 17.3 Å². The minimum absolute atomic E-state index is 0.0673. The van der Waals surface area contributed by atoms with E-state index in [1.165, 1.54) is 19.1 Å². The highest BCUT2D eigenvalue weighted by Crippen LogP contribution is 2.24. The Morgan fingerprint density at radius 2 is 2.25 bits per heavy atom. The van der Waals surface area contributed by atoms with Crippen LogP contribution in [0.4, 0.5) is 5.82 Å². The quantitative estimate of drug-likeness (QED) is 0.367. The van der Waals surface area contributed by atoms with E-state index in [0.29, 0.717) is 5.69 Å². The van der Waals surface area contributed by atoms with Crippen molar-refractivity contribution in [1.82, 2.24) is 4.98 Å². The standard InChI is InChI=1S/C12H12N4O4/c1-7-3-4-11(12(15-7)16(18)19)20-6-10(17)9(5-13)8(2)14/h3-4H,6,14H2,1-2H3/b9-8+. The van der Waals surface area contributed by atoms with E-state index in [1.54, 1.807) is 13.0 Å². The lowest BCUT2D eigenvalue weighted by molar-refractivity contribution is -0.390. The van der Waals surface area contributed by atoms with E-state index in [4.69, 9.17) is 15.7 Å². The Morgan fingerprint density at radius 3 is 2.75 bits per heavy atom. The molecule has 0 aromatic carbocycles. The monoisotopic (exact) mass is 276 g/mol. The van der Waals surface area contributed by atoms with E-state index < -0.39 is 23.1 Å². The largest absolute Gasteiger partial charge is 0.477 e. The molecule has 0 saturated carbocycles. The number of hydrogen-bond donors (Lipinski definition) is 1. The first-order chi connectivity index (χ1) is 9.36. The van der Waals surface area contributed by atoms with Crippen molar-refractivity contribution in [2.45, 2.75) is 13.8 Å². The maximum Gasteiger partial charge on any atom is 0.406 e. The van der Waals surface area contributed by atoms with Crippen LogP contribution in [0, 0.1) is 28.4 Å². The van der Waals surface area contributed by atoms with Crippen LogP contribution in [-0.4, -0.2) is 22.3 Å². The van der Waals surface area contributed by atoms with Crippen molar-refractivity contribution in [1.29, 1.82) is 5.26 Å². The highest BCUT2D eigenvalue weighted by atomic mass is 16.6. The molecule has 1 rings (SSSR count). The minimum atomic E-state index is -0.706. The van der Waals surface area contributed by atoms with Gasteiger partial charge in [-0.15, -0.1) is 0 Å². The number of ketones is 1. The number of nitrogens with zero attached hydrogens (tertiary/aromatic N) is 3. The second-order valence-corrected chi connectivity index (χ2v) is 3.91. The molecule has 2 N–H and O–H groups in total. The molecule has 0 aliphatic heterocycles. The molecule has 8 nitrogen and oxygen atoms in total. The Labute approximate surface area is 114 Å². The third-order valence-electron chi connectivity index (χ3n) is 2.30. The second-order valence-electron chi connectivity index (χ2n) is 3.91. The van der Waals surface area contributed by atoms with Gasteiger partial charge in [0.05, 0.1) is 0 Å². The summed E-state index contributed by atoms with van der Waals surface area (Å²) in [5.41, 5.74) is 5.66. The fourth-order valence-corrected chi connectivity index (χ4v) is 1.36. The average Bonchev–Trinajstić information content (AvgIpc) is 2.37. The Bertz CT molecular complexity index is 627. The van der Waals surface area contributed by atoms with Crippen LogP contribution in [-0.2, 0) is 4.79 Å². The number of nitrogens with two attached hydrogens (primary N) is 1. The SMILES string of the molecule is C/C(N)=C(/C#N)C(=O)COc1ccc(C)nc1[N+](=O)[O-]. The molecule has 8 heteroatoms. The van der Waals surface area contributed by atoms with Crippen molar-refractivity contribution in [3.8, 4) is 11.8 Å². The number of allylic oxidation sites excluding steroid dienone is 1. The molecule has 0 fully saturated rings. The number of aromatic nitrogens is 1. The zero-order chi connectivity index (χ0) is 15.3. The number of pyridine rings is 1. The van der Waals surface area contributed by atoms with E-state index in [-0.39, 0.29) is 17.0 Å². The maximum atomic E-state index is 11.7. The van der Waals surface area contributed by atoms with Crippen LogP contribution in [0.3, 0.4) is 0 Å². The van der Waals surface area contributed by atoms with Crippen molar-refractivity contribution >= 4 is 11.6 Å². The maximum absolute atomic E-state index is 11.7. The average molecular weight is 276 g/mol. The van der Waals surface area contributed by atoms with Crippen LogP contribution in [0.1, 0.15) is 12.6 Å². The fourth-order valence-electron chi connectivity index (χ4n) is 1.36. The van der Waals surface area contributed by atoms with Gasteiger partial charge in [0.2, 0.25) is 11.5 Å². The lowest BCUT2D eigenvalue weighted by Gasteiger charge is -2.06. The van der Waals surface area contributed by atoms with Gasteiger partial charge in [-0.3, -0.25) is 4.79 Å². The lowest BCUT2D eigenvalue weighted by Crippen LogP contribution is -2.17. The molecule has 0 bridgehead atoms. The number of Topliss-reactive ketones (excluding diaryl/α,β-unsaturated/α-hetero) is 1. The zero-order valence-corrected chi connectivity index (χ0v) is 10.9. The third-order valence-corrected chi connectivity index (χ3v) is 2.30. The minimum Gasteiger partial charge on any atom is -0.477 e. The molecule has 0 spiro atoms. The molecule has 0 radical (unpaired) electrons. The van der Waals surface area contributed by atoms with Gasteiger partial charge >= 0.3 is 5.82 Å². The van der Waals surface area contributed by atoms with Gasteiger partial charge < -0.3 is 20.6 Å². The summed E-state index contributed by atoms with van der Waals surface area (Å²) in [5.74, 6) is -1.27. The summed E-state index contributed by atoms with van der Waals surface area (Å²) in [5, 5.41) is 19.6. The predicted molar refractivity (Wildman–Crippen MR) is 68.6 cm³/mol. The smallest absolute Gasteiger partial charge is 0.406 e. The number of rotatable bonds is 5. The van der Waals surface area contributed by atoms with Crippen molar-refractivity contribution in [3.63, 3.8) is 0 Å². The molecule has 20 heavy (non-hydrogen) atoms. The summed E-state index contributed by atoms with van der Waals surface area (Å²) in [6.07, 6.45) is 0. The topological polar surface area (TPSA) is 132 Å². The number of carbonyl (C=O) groups excluding carboxylic acids is 1. The van der Waals surface area contributed by atoms with Crippen molar-refractivity contribution in [2.24, 2.45) is 5.73 Å². The van der Waals surface area contributed by atoms with E-state index in [2.05, 4.69) is 4.98 Å². The summed E-state index contributed by atoms with van der Waals surface area (Å²) in [7, 11) is 0. The number of nitriles is 1. The van der Waals surface area contributed by atoms with Crippen molar-refractivity contribution < 1.29 is 14.5 Å². The molecule has 0 aliphatic rings. The van der Waals surface area contributed by atoms with Gasteiger partial charge in [0.25, 0.3) is 0 Å². The van der Waals surface area contributed by atoms with Gasteiger partial charge in [-0.2, -0.15) is 5.26 Å². The number of carbonyl (C=O) groups is 1. The summed E-state index contributed by atoms with van der Waals surface area (Å²) in [6.45, 7) is 2.48. The van der Waals surface area contributed by atoms with Crippen LogP contribution in [0.2, 0.25) is 0 Å². The summed E-state index contributed by atoms with van der Waals surface area (Å²) >= 11 is 0. The Kier molecular flexibility index (Phi) is 4.75. The summed E-state index contributed by atoms with van der Waals surface area (Å²) in [6, 6.07) is 4.52. The highest BCUT2D eigenvalue weighted by molar-refractivity contribution is 6.00. The molecule has 0 aliphatic carbocycles. The van der Waals surface area contributed by atoms with Crippen molar-refractivity contribution in [3.05, 3.63) is 39.2 Å². The molecular formula is C12H12N4O4. The first-order valence-electron chi connectivity index (χ1n) is 5.51. The van der Waals surface area contributed by atoms with Gasteiger partial charge in [0, 0.05) is 12.6 Å². The van der Waals surface area contributed by atoms with E-state index >= 15 is 0 Å². The van der Waals surface area contributed by atoms with Crippen LogP contribution in [0.25, 0.3) is 0 Å². The molecule has 1 heterocycles. The molecule has 1 aromatic heterocycles. The van der Waals surface area contributed by atoms with Crippen LogP contribution in [0.15, 0.2) is 23.4 Å². The molecule has 0 amide bonds. The van der Waals surface area contributed by atoms with E-state index in [0.717, 1.165) is 0 Å². The highest BCUT2D eigenvalue weighted by Gasteiger charge is 2.20. The Hall–Kier alpha value is -2.95. The van der Waals surface area contributed by atoms with E-state index in [1.807, 2.05) is 0 Å². The first kappa shape index (κ1) is 15.1. The van der Waals surface area contributed by atoms with Gasteiger partial charge in [-0.1, -0.05) is 0 Å². The van der Waals surface area contributed by atoms with Crippen LogP contribution >= 0.6 is 0 Å². The third kappa shape index (κ3) is 3.52. The zero-order valence-electron chi connectivity index (χ0n) is 10.9. The molecule has 0 atom stereocenters. The fraction of sp³-hybridized carbons (Fsp3) is 0.250. The molecular weight excluding hydrogens is 264 g/mol. The second kappa shape index (κ2) is 6.29.